The maximum atomic E-state index is 12.9. The van der Waals surface area contributed by atoms with Crippen LogP contribution in [0.1, 0.15) is 5.56 Å². The van der Waals surface area contributed by atoms with Crippen molar-refractivity contribution < 1.29 is 22.3 Å². The van der Waals surface area contributed by atoms with E-state index in [1.807, 2.05) is 0 Å². The highest BCUT2D eigenvalue weighted by atomic mass is 35.5. The van der Waals surface area contributed by atoms with Gasteiger partial charge in [0, 0.05) is 10.8 Å². The lowest BCUT2D eigenvalue weighted by Gasteiger charge is -2.16. The van der Waals surface area contributed by atoms with Gasteiger partial charge in [-0.15, -0.1) is 5.10 Å². The third-order valence-electron chi connectivity index (χ3n) is 3.31. The van der Waals surface area contributed by atoms with E-state index in [2.05, 4.69) is 20.3 Å². The minimum Gasteiger partial charge on any atom is -0.428 e. The Labute approximate surface area is 160 Å². The quantitative estimate of drug-likeness (QED) is 0.406. The molecular formula is C16H11ClF4N4OS. The van der Waals surface area contributed by atoms with Crippen LogP contribution in [0.4, 0.5) is 17.6 Å². The first kappa shape index (κ1) is 19.4. The van der Waals surface area contributed by atoms with Crippen molar-refractivity contribution in [2.75, 3.05) is 0 Å². The van der Waals surface area contributed by atoms with Gasteiger partial charge >= 0.3 is 12.5 Å². The Kier molecular flexibility index (Phi) is 5.85. The zero-order valence-corrected chi connectivity index (χ0v) is 15.0. The fourth-order valence-corrected chi connectivity index (χ4v) is 2.99. The summed E-state index contributed by atoms with van der Waals surface area (Å²) in [6.07, 6.45) is -8.43. The van der Waals surface area contributed by atoms with Gasteiger partial charge in [0.15, 0.2) is 0 Å². The van der Waals surface area contributed by atoms with Gasteiger partial charge in [-0.3, -0.25) is 0 Å². The van der Waals surface area contributed by atoms with Crippen LogP contribution in [-0.4, -0.2) is 32.7 Å². The Morgan fingerprint density at radius 3 is 2.37 bits per heavy atom. The van der Waals surface area contributed by atoms with Crippen molar-refractivity contribution in [3.8, 4) is 11.4 Å². The van der Waals surface area contributed by atoms with E-state index in [1.165, 1.54) is 40.7 Å². The average molecular weight is 419 g/mol. The Bertz CT molecular complexity index is 890. The zero-order chi connectivity index (χ0) is 19.4. The second-order valence-corrected chi connectivity index (χ2v) is 6.63. The number of aromatic nitrogens is 4. The minimum absolute atomic E-state index is 0.347. The molecule has 0 aliphatic rings. The maximum Gasteiger partial charge on any atom is 0.461 e. The molecule has 0 bridgehead atoms. The van der Waals surface area contributed by atoms with Gasteiger partial charge in [0.2, 0.25) is 5.16 Å². The van der Waals surface area contributed by atoms with Crippen molar-refractivity contribution in [2.24, 2.45) is 0 Å². The highest BCUT2D eigenvalue weighted by molar-refractivity contribution is 7.98. The molecule has 0 amide bonds. The largest absolute Gasteiger partial charge is 0.461 e. The second kappa shape index (κ2) is 8.13. The van der Waals surface area contributed by atoms with Gasteiger partial charge in [-0.2, -0.15) is 22.2 Å². The SMILES string of the molecule is FC(F)C(F)(F)Oc1ccc(CSc2nnnn2-c2ccc(Cl)cc2)cc1. The van der Waals surface area contributed by atoms with E-state index in [0.29, 0.717) is 15.9 Å². The normalized spacial score (nSPS) is 11.8. The van der Waals surface area contributed by atoms with E-state index in [4.69, 9.17) is 11.6 Å². The molecule has 3 rings (SSSR count). The smallest absolute Gasteiger partial charge is 0.428 e. The van der Waals surface area contributed by atoms with Crippen molar-refractivity contribution >= 4 is 23.4 Å². The van der Waals surface area contributed by atoms with Crippen LogP contribution in [0.25, 0.3) is 5.69 Å². The average Bonchev–Trinajstić information content (AvgIpc) is 3.10. The summed E-state index contributed by atoms with van der Waals surface area (Å²) < 4.78 is 55.6. The lowest BCUT2D eigenvalue weighted by molar-refractivity contribution is -0.253. The molecule has 0 radical (unpaired) electrons. The van der Waals surface area contributed by atoms with E-state index >= 15 is 0 Å². The topological polar surface area (TPSA) is 52.8 Å². The molecule has 27 heavy (non-hydrogen) atoms. The minimum atomic E-state index is -4.53. The van der Waals surface area contributed by atoms with Crippen LogP contribution in [0.15, 0.2) is 53.7 Å². The van der Waals surface area contributed by atoms with Crippen LogP contribution >= 0.6 is 23.4 Å². The maximum absolute atomic E-state index is 12.9. The molecule has 0 aliphatic heterocycles. The van der Waals surface area contributed by atoms with Crippen LogP contribution in [0.3, 0.4) is 0 Å². The molecule has 0 atom stereocenters. The van der Waals surface area contributed by atoms with Gasteiger partial charge in [-0.25, -0.2) is 0 Å². The van der Waals surface area contributed by atoms with E-state index < -0.39 is 12.5 Å². The van der Waals surface area contributed by atoms with Gasteiger partial charge < -0.3 is 4.74 Å². The molecule has 0 N–H and O–H groups in total. The number of alkyl halides is 4. The summed E-state index contributed by atoms with van der Waals surface area (Å²) in [5.74, 6) is 0.0829. The summed E-state index contributed by atoms with van der Waals surface area (Å²) in [4.78, 5) is 0. The summed E-state index contributed by atoms with van der Waals surface area (Å²) in [5.41, 5.74) is 1.48. The van der Waals surface area contributed by atoms with Gasteiger partial charge in [-0.05, 0) is 52.4 Å². The number of hydrogen-bond donors (Lipinski definition) is 0. The van der Waals surface area contributed by atoms with Crippen LogP contribution in [-0.2, 0) is 5.75 Å². The molecule has 3 aromatic rings. The number of ether oxygens (including phenoxy) is 1. The van der Waals surface area contributed by atoms with Crippen LogP contribution in [0.2, 0.25) is 5.02 Å². The fourth-order valence-electron chi connectivity index (χ4n) is 2.02. The molecule has 1 aromatic heterocycles. The molecule has 0 aliphatic carbocycles. The van der Waals surface area contributed by atoms with Gasteiger partial charge in [0.1, 0.15) is 5.75 Å². The standard InChI is InChI=1S/C16H11ClF4N4OS/c17-11-3-5-12(6-4-11)25-15(22-23-24-25)27-9-10-1-7-13(8-2-10)26-16(20,21)14(18)19/h1-8,14H,9H2. The lowest BCUT2D eigenvalue weighted by atomic mass is 10.2. The van der Waals surface area contributed by atoms with Gasteiger partial charge in [0.05, 0.1) is 5.69 Å². The molecular weight excluding hydrogens is 408 g/mol. The third kappa shape index (κ3) is 4.89. The molecule has 0 unspecified atom stereocenters. The number of thioether (sulfide) groups is 1. The molecule has 142 valence electrons. The van der Waals surface area contributed by atoms with Crippen molar-refractivity contribution in [1.29, 1.82) is 0 Å². The highest BCUT2D eigenvalue weighted by Gasteiger charge is 2.43. The number of halogens is 5. The summed E-state index contributed by atoms with van der Waals surface area (Å²) in [6.45, 7) is 0. The van der Waals surface area contributed by atoms with Crippen LogP contribution in [0.5, 0.6) is 5.75 Å². The van der Waals surface area contributed by atoms with Crippen molar-refractivity contribution in [2.45, 2.75) is 23.4 Å². The molecule has 11 heteroatoms. The van der Waals surface area contributed by atoms with Gasteiger partial charge in [-0.1, -0.05) is 35.5 Å². The zero-order valence-electron chi connectivity index (χ0n) is 13.4. The summed E-state index contributed by atoms with van der Waals surface area (Å²) >= 11 is 7.17. The van der Waals surface area contributed by atoms with Crippen molar-refractivity contribution in [3.05, 3.63) is 59.1 Å². The summed E-state index contributed by atoms with van der Waals surface area (Å²) in [6, 6.07) is 12.3. The number of hydrogen-bond acceptors (Lipinski definition) is 5. The predicted molar refractivity (Wildman–Crippen MR) is 91.7 cm³/mol. The van der Waals surface area contributed by atoms with Crippen molar-refractivity contribution in [1.82, 2.24) is 20.2 Å². The van der Waals surface area contributed by atoms with E-state index in [-0.39, 0.29) is 5.75 Å². The molecule has 0 fully saturated rings. The second-order valence-electron chi connectivity index (χ2n) is 5.25. The first-order valence-corrected chi connectivity index (χ1v) is 8.82. The molecule has 2 aromatic carbocycles. The molecule has 1 heterocycles. The third-order valence-corrected chi connectivity index (χ3v) is 4.55. The number of rotatable bonds is 7. The van der Waals surface area contributed by atoms with E-state index in [1.54, 1.807) is 24.3 Å². The number of nitrogens with zero attached hydrogens (tertiary/aromatic N) is 4. The van der Waals surface area contributed by atoms with E-state index in [9.17, 15) is 17.6 Å². The molecule has 5 nitrogen and oxygen atoms in total. The fraction of sp³-hybridized carbons (Fsp3) is 0.188. The number of benzene rings is 2. The monoisotopic (exact) mass is 418 g/mol. The summed E-state index contributed by atoms with van der Waals surface area (Å²) in [7, 11) is 0. The molecule has 0 spiro atoms. The van der Waals surface area contributed by atoms with Crippen LogP contribution < -0.4 is 4.74 Å². The van der Waals surface area contributed by atoms with Crippen molar-refractivity contribution in [3.63, 3.8) is 0 Å². The van der Waals surface area contributed by atoms with Crippen LogP contribution in [0, 0.1) is 0 Å². The molecule has 0 saturated heterocycles. The Balaban J connectivity index is 1.64. The first-order chi connectivity index (χ1) is 12.8. The number of tetrazole rings is 1. The summed E-state index contributed by atoms with van der Waals surface area (Å²) in [5, 5.41) is 12.6. The Hall–Kier alpha value is -2.33. The highest BCUT2D eigenvalue weighted by Crippen LogP contribution is 2.29. The van der Waals surface area contributed by atoms with E-state index in [0.717, 1.165) is 11.3 Å². The predicted octanol–water partition coefficient (Wildman–Crippen LogP) is 4.84. The lowest BCUT2D eigenvalue weighted by Crippen LogP contribution is -2.33. The molecule has 0 saturated carbocycles. The first-order valence-electron chi connectivity index (χ1n) is 7.46. The Morgan fingerprint density at radius 1 is 1.07 bits per heavy atom. The Morgan fingerprint density at radius 2 is 1.74 bits per heavy atom. The van der Waals surface area contributed by atoms with Gasteiger partial charge in [0.25, 0.3) is 0 Å².